The third kappa shape index (κ3) is 4.23. The van der Waals surface area contributed by atoms with Crippen LogP contribution in [0.5, 0.6) is 5.75 Å². The lowest BCUT2D eigenvalue weighted by Gasteiger charge is -2.11. The molecule has 102 valence electrons. The molecule has 1 atom stereocenters. The summed E-state index contributed by atoms with van der Waals surface area (Å²) in [6.45, 7) is 3.89. The van der Waals surface area contributed by atoms with Gasteiger partial charge in [-0.3, -0.25) is 0 Å². The van der Waals surface area contributed by atoms with Crippen molar-refractivity contribution in [3.8, 4) is 5.75 Å². The Morgan fingerprint density at radius 1 is 1.05 bits per heavy atom. The molecule has 0 aromatic heterocycles. The maximum atomic E-state index is 5.72. The lowest BCUT2D eigenvalue weighted by Crippen LogP contribution is -2.21. The molecule has 0 spiro atoms. The Bertz CT molecular complexity index is 513. The van der Waals surface area contributed by atoms with Crippen LogP contribution in [0.25, 0.3) is 10.8 Å². The van der Waals surface area contributed by atoms with Crippen LogP contribution in [0, 0.1) is 0 Å². The Morgan fingerprint density at radius 3 is 2.63 bits per heavy atom. The number of fused-ring (bicyclic) bond motifs is 1. The molecule has 2 aromatic carbocycles. The lowest BCUT2D eigenvalue weighted by molar-refractivity contribution is 0.0631. The Balaban J connectivity index is 1.78. The fourth-order valence-corrected chi connectivity index (χ4v) is 1.86. The van der Waals surface area contributed by atoms with E-state index in [2.05, 4.69) is 24.3 Å². The van der Waals surface area contributed by atoms with E-state index < -0.39 is 0 Å². The third-order valence-corrected chi connectivity index (χ3v) is 3.01. The topological polar surface area (TPSA) is 44.5 Å². The summed E-state index contributed by atoms with van der Waals surface area (Å²) < 4.78 is 11.2. The second-order valence-electron chi connectivity index (χ2n) is 4.63. The molecule has 0 aliphatic rings. The average molecular weight is 259 g/mol. The molecule has 0 saturated heterocycles. The molecule has 0 bridgehead atoms. The normalized spacial score (nSPS) is 12.5. The smallest absolute Gasteiger partial charge is 0.119 e. The summed E-state index contributed by atoms with van der Waals surface area (Å²) in [5.74, 6) is 0.908. The van der Waals surface area contributed by atoms with E-state index in [1.165, 1.54) is 10.8 Å². The van der Waals surface area contributed by atoms with Crippen molar-refractivity contribution in [1.29, 1.82) is 0 Å². The first-order chi connectivity index (χ1) is 9.29. The van der Waals surface area contributed by atoms with E-state index in [0.29, 0.717) is 19.8 Å². The molecule has 3 heteroatoms. The minimum atomic E-state index is 0.126. The summed E-state index contributed by atoms with van der Waals surface area (Å²) in [6.07, 6.45) is 0.998. The van der Waals surface area contributed by atoms with E-state index in [-0.39, 0.29) is 6.10 Å². The largest absolute Gasteiger partial charge is 0.493 e. The average Bonchev–Trinajstić information content (AvgIpc) is 2.46. The van der Waals surface area contributed by atoms with Crippen molar-refractivity contribution in [3.05, 3.63) is 42.5 Å². The van der Waals surface area contributed by atoms with Crippen LogP contribution in [0.3, 0.4) is 0 Å². The minimum Gasteiger partial charge on any atom is -0.493 e. The summed E-state index contributed by atoms with van der Waals surface area (Å²) in [4.78, 5) is 0. The standard InChI is InChI=1S/C16H21NO2/c1-13(12-17)18-9-4-10-19-16-8-7-14-5-2-3-6-15(14)11-16/h2-3,5-8,11,13H,4,9-10,12,17H2,1H3. The van der Waals surface area contributed by atoms with Gasteiger partial charge in [-0.1, -0.05) is 30.3 Å². The van der Waals surface area contributed by atoms with E-state index in [1.807, 2.05) is 25.1 Å². The van der Waals surface area contributed by atoms with E-state index in [0.717, 1.165) is 12.2 Å². The van der Waals surface area contributed by atoms with Crippen LogP contribution in [-0.2, 0) is 4.74 Å². The fourth-order valence-electron chi connectivity index (χ4n) is 1.86. The predicted octanol–water partition coefficient (Wildman–Crippen LogP) is 2.97. The van der Waals surface area contributed by atoms with E-state index >= 15 is 0 Å². The van der Waals surface area contributed by atoms with Crippen molar-refractivity contribution in [2.24, 2.45) is 5.73 Å². The molecule has 19 heavy (non-hydrogen) atoms. The minimum absolute atomic E-state index is 0.126. The molecule has 0 saturated carbocycles. The van der Waals surface area contributed by atoms with Gasteiger partial charge in [0.15, 0.2) is 0 Å². The van der Waals surface area contributed by atoms with Gasteiger partial charge in [0.2, 0.25) is 0 Å². The molecule has 2 rings (SSSR count). The van der Waals surface area contributed by atoms with Crippen molar-refractivity contribution >= 4 is 10.8 Å². The molecular formula is C16H21NO2. The molecule has 2 aromatic rings. The molecule has 0 aliphatic carbocycles. The summed E-state index contributed by atoms with van der Waals surface area (Å²) >= 11 is 0. The molecule has 0 amide bonds. The zero-order chi connectivity index (χ0) is 13.5. The highest BCUT2D eigenvalue weighted by molar-refractivity contribution is 5.83. The molecule has 1 unspecified atom stereocenters. The second-order valence-corrected chi connectivity index (χ2v) is 4.63. The Labute approximate surface area is 114 Å². The van der Waals surface area contributed by atoms with Gasteiger partial charge in [-0.05, 0) is 29.8 Å². The summed E-state index contributed by atoms with van der Waals surface area (Å²) in [6, 6.07) is 14.4. The van der Waals surface area contributed by atoms with E-state index in [4.69, 9.17) is 15.2 Å². The lowest BCUT2D eigenvalue weighted by atomic mass is 10.1. The Kier molecular flexibility index (Phi) is 5.19. The second kappa shape index (κ2) is 7.12. The van der Waals surface area contributed by atoms with Crippen molar-refractivity contribution < 1.29 is 9.47 Å². The number of hydrogen-bond donors (Lipinski definition) is 1. The highest BCUT2D eigenvalue weighted by Crippen LogP contribution is 2.20. The first kappa shape index (κ1) is 13.8. The van der Waals surface area contributed by atoms with E-state index in [9.17, 15) is 0 Å². The SMILES string of the molecule is CC(CN)OCCCOc1ccc2ccccc2c1. The molecule has 2 N–H and O–H groups in total. The first-order valence-corrected chi connectivity index (χ1v) is 6.73. The third-order valence-electron chi connectivity index (χ3n) is 3.01. The zero-order valence-electron chi connectivity index (χ0n) is 11.3. The maximum absolute atomic E-state index is 5.72. The molecule has 0 fully saturated rings. The van der Waals surface area contributed by atoms with Gasteiger partial charge in [0.1, 0.15) is 5.75 Å². The molecule has 0 heterocycles. The van der Waals surface area contributed by atoms with Crippen LogP contribution in [0.2, 0.25) is 0 Å². The van der Waals surface area contributed by atoms with Gasteiger partial charge in [-0.25, -0.2) is 0 Å². The van der Waals surface area contributed by atoms with Gasteiger partial charge in [0.05, 0.1) is 19.3 Å². The summed E-state index contributed by atoms with van der Waals surface area (Å²) in [5, 5.41) is 2.43. The van der Waals surface area contributed by atoms with Crippen LogP contribution >= 0.6 is 0 Å². The van der Waals surface area contributed by atoms with Crippen molar-refractivity contribution in [2.75, 3.05) is 19.8 Å². The van der Waals surface area contributed by atoms with Crippen LogP contribution < -0.4 is 10.5 Å². The highest BCUT2D eigenvalue weighted by atomic mass is 16.5. The Morgan fingerprint density at radius 2 is 1.84 bits per heavy atom. The number of rotatable bonds is 7. The van der Waals surface area contributed by atoms with Crippen LogP contribution in [0.4, 0.5) is 0 Å². The molecule has 0 aliphatic heterocycles. The summed E-state index contributed by atoms with van der Waals surface area (Å²) in [7, 11) is 0. The van der Waals surface area contributed by atoms with Crippen molar-refractivity contribution in [3.63, 3.8) is 0 Å². The molecule has 0 radical (unpaired) electrons. The molecular weight excluding hydrogens is 238 g/mol. The maximum Gasteiger partial charge on any atom is 0.119 e. The monoisotopic (exact) mass is 259 g/mol. The van der Waals surface area contributed by atoms with Gasteiger partial charge < -0.3 is 15.2 Å². The van der Waals surface area contributed by atoms with Gasteiger partial charge >= 0.3 is 0 Å². The van der Waals surface area contributed by atoms with Crippen LogP contribution in [0.1, 0.15) is 13.3 Å². The number of nitrogens with two attached hydrogens (primary N) is 1. The van der Waals surface area contributed by atoms with Crippen molar-refractivity contribution in [1.82, 2.24) is 0 Å². The fraction of sp³-hybridized carbons (Fsp3) is 0.375. The predicted molar refractivity (Wildman–Crippen MR) is 78.5 cm³/mol. The van der Waals surface area contributed by atoms with Crippen molar-refractivity contribution in [2.45, 2.75) is 19.4 Å². The van der Waals surface area contributed by atoms with Crippen LogP contribution in [-0.4, -0.2) is 25.9 Å². The van der Waals surface area contributed by atoms with Gasteiger partial charge in [0, 0.05) is 13.0 Å². The quantitative estimate of drug-likeness (QED) is 0.777. The zero-order valence-corrected chi connectivity index (χ0v) is 11.3. The number of hydrogen-bond acceptors (Lipinski definition) is 3. The molecule has 3 nitrogen and oxygen atoms in total. The first-order valence-electron chi connectivity index (χ1n) is 6.73. The van der Waals surface area contributed by atoms with Crippen LogP contribution in [0.15, 0.2) is 42.5 Å². The number of benzene rings is 2. The van der Waals surface area contributed by atoms with Gasteiger partial charge in [-0.2, -0.15) is 0 Å². The number of ether oxygens (including phenoxy) is 2. The Hall–Kier alpha value is -1.58. The highest BCUT2D eigenvalue weighted by Gasteiger charge is 1.99. The summed E-state index contributed by atoms with van der Waals surface area (Å²) in [5.41, 5.74) is 5.47. The van der Waals surface area contributed by atoms with Gasteiger partial charge in [-0.15, -0.1) is 0 Å². The van der Waals surface area contributed by atoms with E-state index in [1.54, 1.807) is 0 Å². The van der Waals surface area contributed by atoms with Gasteiger partial charge in [0.25, 0.3) is 0 Å².